The molecule has 12 rings (SSSR count). The van der Waals surface area contributed by atoms with Gasteiger partial charge in [0.1, 0.15) is 35.5 Å². The number of aromatic hydroxyl groups is 1. The normalized spacial score (nSPS) is 24.2. The van der Waals surface area contributed by atoms with E-state index in [1.165, 1.54) is 36.4 Å². The van der Waals surface area contributed by atoms with E-state index in [9.17, 15) is 20.3 Å². The zero-order valence-electron chi connectivity index (χ0n) is 43.1. The Labute approximate surface area is 456 Å². The van der Waals surface area contributed by atoms with Gasteiger partial charge < -0.3 is 34.1 Å². The molecule has 2 N–H and O–H groups in total. The van der Waals surface area contributed by atoms with Gasteiger partial charge in [-0.25, -0.2) is 9.69 Å². The molecule has 3 amide bonds. The minimum atomic E-state index is -2.13. The van der Waals surface area contributed by atoms with Crippen LogP contribution in [0.15, 0.2) is 146 Å². The number of cyclic esters (lactones) is 1. The molecule has 6 aromatic carbocycles. The zero-order valence-corrected chi connectivity index (χ0v) is 43.1. The summed E-state index contributed by atoms with van der Waals surface area (Å²) in [5.41, 5.74) is 0.406. The van der Waals surface area contributed by atoms with Crippen LogP contribution in [0.2, 0.25) is 0 Å². The van der Waals surface area contributed by atoms with E-state index in [2.05, 4.69) is 16.7 Å². The van der Waals surface area contributed by atoms with E-state index in [1.807, 2.05) is 83.8 Å². The van der Waals surface area contributed by atoms with Gasteiger partial charge in [0.15, 0.2) is 11.5 Å². The van der Waals surface area contributed by atoms with Crippen LogP contribution in [0.3, 0.4) is 0 Å². The molecule has 0 aromatic heterocycles. The Balaban J connectivity index is 1.04. The Morgan fingerprint density at radius 1 is 0.734 bits per heavy atom. The number of piperazine rings is 1. The summed E-state index contributed by atoms with van der Waals surface area (Å²) >= 11 is 0. The maximum Gasteiger partial charge on any atom is 0.421 e. The van der Waals surface area contributed by atoms with Crippen LogP contribution in [0.4, 0.5) is 16.2 Å². The van der Waals surface area contributed by atoms with Crippen LogP contribution in [0, 0.1) is 27.9 Å². The lowest BCUT2D eigenvalue weighted by Gasteiger charge is -2.46. The van der Waals surface area contributed by atoms with Gasteiger partial charge in [-0.05, 0) is 114 Å². The van der Waals surface area contributed by atoms with E-state index in [-0.39, 0.29) is 49.2 Å². The molecule has 3 saturated heterocycles. The van der Waals surface area contributed by atoms with E-state index in [0.29, 0.717) is 66.2 Å². The molecule has 1 saturated carbocycles. The first-order valence-electron chi connectivity index (χ1n) is 26.8. The van der Waals surface area contributed by atoms with Crippen molar-refractivity contribution in [3.05, 3.63) is 195 Å². The molecular weight excluding hydrogens is 1010 g/mol. The zero-order chi connectivity index (χ0) is 54.4. The van der Waals surface area contributed by atoms with Gasteiger partial charge in [0.2, 0.25) is 18.6 Å². The van der Waals surface area contributed by atoms with Gasteiger partial charge in [0, 0.05) is 50.4 Å². The van der Waals surface area contributed by atoms with E-state index < -0.39 is 70.0 Å². The van der Waals surface area contributed by atoms with Crippen molar-refractivity contribution in [1.82, 2.24) is 14.7 Å². The lowest BCUT2D eigenvalue weighted by atomic mass is 9.64. The summed E-state index contributed by atoms with van der Waals surface area (Å²) in [5.74, 6) is 4.00. The van der Waals surface area contributed by atoms with Crippen molar-refractivity contribution in [2.24, 2.45) is 5.92 Å². The minimum absolute atomic E-state index is 0.0676. The number of carbonyl (C=O) groups is 4. The lowest BCUT2D eigenvalue weighted by molar-refractivity contribution is -0.384. The molecule has 0 radical (unpaired) electrons. The Morgan fingerprint density at radius 2 is 1.41 bits per heavy atom. The topological polar surface area (TPSA) is 202 Å². The second kappa shape index (κ2) is 21.0. The number of benzene rings is 6. The molecule has 6 aromatic rings. The SMILES string of the molecule is O=C1O[C@H](c2ccccc2)[C@H](c2ccccc2)N2[C@H]1[C@@H](C(=O)N1CCN(Cc3ccc4c(c3)OCO4)CC1)[C@]1(C(=O)N(C(=O)OCc3ccc([N+](=O)[O-])cc3)c3ccc(C#CC4(O)CCCCCC4)cc31)[C@H]2c1ccc(O)cc1. The Hall–Kier alpha value is -8.56. The van der Waals surface area contributed by atoms with E-state index in [4.69, 9.17) is 18.9 Å². The number of fused-ring (bicyclic) bond motifs is 4. The summed E-state index contributed by atoms with van der Waals surface area (Å²) in [6, 6.07) is 37.8. The lowest BCUT2D eigenvalue weighted by Crippen LogP contribution is -2.59. The Morgan fingerprint density at radius 3 is 2.10 bits per heavy atom. The van der Waals surface area contributed by atoms with Crippen LogP contribution in [-0.2, 0) is 42.4 Å². The predicted octanol–water partition coefficient (Wildman–Crippen LogP) is 8.81. The van der Waals surface area contributed by atoms with Gasteiger partial charge in [-0.3, -0.25) is 34.3 Å². The number of imide groups is 1. The van der Waals surface area contributed by atoms with Gasteiger partial charge in [-0.1, -0.05) is 104 Å². The smallest absolute Gasteiger partial charge is 0.421 e. The number of nitro benzene ring substituents is 1. The molecule has 6 aliphatic rings. The maximum atomic E-state index is 16.8. The molecule has 0 unspecified atom stereocenters. The van der Waals surface area contributed by atoms with Gasteiger partial charge in [-0.15, -0.1) is 0 Å². The predicted molar refractivity (Wildman–Crippen MR) is 287 cm³/mol. The molecule has 5 aliphatic heterocycles. The molecular formula is C62H57N5O12. The average Bonchev–Trinajstić information content (AvgIpc) is 1.96. The van der Waals surface area contributed by atoms with Crippen LogP contribution >= 0.6 is 0 Å². The monoisotopic (exact) mass is 1060 g/mol. The highest BCUT2D eigenvalue weighted by atomic mass is 16.7. The third kappa shape index (κ3) is 9.39. The number of nitro groups is 1. The van der Waals surface area contributed by atoms with Crippen LogP contribution < -0.4 is 14.4 Å². The largest absolute Gasteiger partial charge is 0.508 e. The molecule has 1 aliphatic carbocycles. The first-order valence-corrected chi connectivity index (χ1v) is 26.8. The number of rotatable bonds is 9. The number of morpholine rings is 1. The molecule has 0 bridgehead atoms. The molecule has 6 atom stereocenters. The van der Waals surface area contributed by atoms with Crippen molar-refractivity contribution in [3.8, 4) is 29.1 Å². The van der Waals surface area contributed by atoms with Crippen molar-refractivity contribution in [1.29, 1.82) is 0 Å². The summed E-state index contributed by atoms with van der Waals surface area (Å²) < 4.78 is 23.8. The number of non-ortho nitro benzene ring substituents is 1. The molecule has 17 nitrogen and oxygen atoms in total. The number of phenols is 1. The molecule has 17 heteroatoms. The van der Waals surface area contributed by atoms with Crippen LogP contribution in [-0.4, -0.2) is 98.3 Å². The van der Waals surface area contributed by atoms with E-state index in [0.717, 1.165) is 41.7 Å². The quantitative estimate of drug-likeness (QED) is 0.0457. The highest BCUT2D eigenvalue weighted by Crippen LogP contribution is 2.66. The highest BCUT2D eigenvalue weighted by Gasteiger charge is 2.76. The number of hydrogen-bond acceptors (Lipinski definition) is 14. The Bertz CT molecular complexity index is 3390. The number of ether oxygens (including phenoxy) is 4. The van der Waals surface area contributed by atoms with Crippen molar-refractivity contribution in [3.63, 3.8) is 0 Å². The van der Waals surface area contributed by atoms with Crippen molar-refractivity contribution in [2.45, 2.75) is 86.9 Å². The van der Waals surface area contributed by atoms with Crippen molar-refractivity contribution in [2.75, 3.05) is 37.9 Å². The number of esters is 1. The van der Waals surface area contributed by atoms with Crippen LogP contribution in [0.1, 0.15) is 95.7 Å². The van der Waals surface area contributed by atoms with Crippen molar-refractivity contribution >= 4 is 35.3 Å². The fourth-order valence-corrected chi connectivity index (χ4v) is 12.8. The second-order valence-corrected chi connectivity index (χ2v) is 21.2. The number of carbonyl (C=O) groups excluding carboxylic acids is 4. The summed E-state index contributed by atoms with van der Waals surface area (Å²) in [6.07, 6.45) is 2.46. The minimum Gasteiger partial charge on any atom is -0.508 e. The molecule has 79 heavy (non-hydrogen) atoms. The van der Waals surface area contributed by atoms with Gasteiger partial charge in [-0.2, -0.15) is 0 Å². The standard InChI is InChI=1S/C62H57N5O12/c68-47-23-19-45(20-24-47)56-62(48-35-40(27-30-61(73)28-9-1-2-10-29-61)17-25-49(48)65(59(62)71)60(72)76-38-41-15-21-46(22-16-41)67(74)75)52(57(69)64-33-31-63(32-34-64)37-42-18-26-50-51(36-42)78-39-77-50)54-58(70)79-55(44-13-7-4-8-14-44)53(66(54)56)43-11-5-3-6-12-43/h3-8,11-26,35-36,52-56,68,73H,1-2,9-10,28-29,31-34,37-39H2/t52-,53-,54-,55+,56+,62-/m0/s1. The van der Waals surface area contributed by atoms with E-state index in [1.54, 1.807) is 35.2 Å². The molecule has 5 heterocycles. The number of nitrogens with zero attached hydrogens (tertiary/aromatic N) is 5. The Kier molecular flexibility index (Phi) is 13.6. The van der Waals surface area contributed by atoms with Crippen LogP contribution in [0.25, 0.3) is 0 Å². The number of phenolic OH excluding ortho intramolecular Hbond substituents is 1. The number of aliphatic hydroxyl groups is 1. The van der Waals surface area contributed by atoms with E-state index >= 15 is 19.2 Å². The first-order chi connectivity index (χ1) is 38.4. The van der Waals surface area contributed by atoms with Gasteiger partial charge in [0.25, 0.3) is 5.69 Å². The summed E-state index contributed by atoms with van der Waals surface area (Å²) in [6.45, 7) is 1.66. The number of anilines is 1. The molecule has 402 valence electrons. The maximum absolute atomic E-state index is 16.8. The van der Waals surface area contributed by atoms with Crippen molar-refractivity contribution < 1.29 is 53.3 Å². The molecule has 1 spiro atoms. The third-order valence-corrected chi connectivity index (χ3v) is 16.5. The summed E-state index contributed by atoms with van der Waals surface area (Å²) in [5, 5.41) is 34.3. The third-order valence-electron chi connectivity index (χ3n) is 16.5. The fraction of sp³-hybridized carbons (Fsp3) is 0.323. The second-order valence-electron chi connectivity index (χ2n) is 21.2. The summed E-state index contributed by atoms with van der Waals surface area (Å²) in [7, 11) is 0. The highest BCUT2D eigenvalue weighted by molar-refractivity contribution is 6.23. The first kappa shape index (κ1) is 51.2. The van der Waals surface area contributed by atoms with Crippen LogP contribution in [0.5, 0.6) is 17.2 Å². The number of amides is 3. The fourth-order valence-electron chi connectivity index (χ4n) is 12.8. The average molecular weight is 1060 g/mol. The summed E-state index contributed by atoms with van der Waals surface area (Å²) in [4.78, 5) is 81.9. The molecule has 4 fully saturated rings. The van der Waals surface area contributed by atoms with Gasteiger partial charge in [0.05, 0.1) is 28.6 Å². The number of hydrogen-bond donors (Lipinski definition) is 2. The van der Waals surface area contributed by atoms with Gasteiger partial charge >= 0.3 is 12.1 Å².